The molecular formula is C20H24ClNO3S. The number of hydrogen-bond donors (Lipinski definition) is 1. The SMILES string of the molecule is CCOC[C@]1(N)[C@@H](c2ccc(CC)cc2)[C@@H]1S(=O)(=O)c1ccc(Cl)cc1. The maximum Gasteiger partial charge on any atom is 0.183 e. The highest BCUT2D eigenvalue weighted by Crippen LogP contribution is 2.55. The van der Waals surface area contributed by atoms with Crippen molar-refractivity contribution in [1.29, 1.82) is 0 Å². The first-order chi connectivity index (χ1) is 12.3. The number of nitrogens with two attached hydrogens (primary N) is 1. The minimum absolute atomic E-state index is 0.210. The Morgan fingerprint density at radius 1 is 1.08 bits per heavy atom. The average molecular weight is 394 g/mol. The van der Waals surface area contributed by atoms with Crippen molar-refractivity contribution in [2.45, 2.75) is 41.9 Å². The van der Waals surface area contributed by atoms with Crippen LogP contribution in [-0.4, -0.2) is 32.4 Å². The van der Waals surface area contributed by atoms with Crippen molar-refractivity contribution in [2.75, 3.05) is 13.2 Å². The van der Waals surface area contributed by atoms with E-state index in [4.69, 9.17) is 22.1 Å². The number of benzene rings is 2. The Bertz CT molecular complexity index is 865. The molecule has 0 amide bonds. The zero-order chi connectivity index (χ0) is 18.9. The molecule has 1 aliphatic rings. The summed E-state index contributed by atoms with van der Waals surface area (Å²) in [5.41, 5.74) is 7.76. The zero-order valence-corrected chi connectivity index (χ0v) is 16.6. The molecule has 0 saturated heterocycles. The molecule has 0 heterocycles. The fourth-order valence-corrected chi connectivity index (χ4v) is 5.98. The third-order valence-electron chi connectivity index (χ3n) is 5.08. The number of ether oxygens (including phenoxy) is 1. The van der Waals surface area contributed by atoms with Gasteiger partial charge in [0.05, 0.1) is 22.3 Å². The first-order valence-electron chi connectivity index (χ1n) is 8.79. The number of aryl methyl sites for hydroxylation is 1. The molecule has 1 aliphatic carbocycles. The van der Waals surface area contributed by atoms with Crippen LogP contribution >= 0.6 is 11.6 Å². The normalized spacial score (nSPS) is 25.2. The summed E-state index contributed by atoms with van der Waals surface area (Å²) < 4.78 is 32.0. The van der Waals surface area contributed by atoms with E-state index in [0.717, 1.165) is 12.0 Å². The Hall–Kier alpha value is -1.40. The van der Waals surface area contributed by atoms with Gasteiger partial charge in [0.25, 0.3) is 0 Å². The van der Waals surface area contributed by atoms with Gasteiger partial charge in [-0.2, -0.15) is 0 Å². The maximum atomic E-state index is 13.2. The number of sulfone groups is 1. The van der Waals surface area contributed by atoms with Gasteiger partial charge in [-0.15, -0.1) is 0 Å². The van der Waals surface area contributed by atoms with Crippen LogP contribution in [0.25, 0.3) is 0 Å². The van der Waals surface area contributed by atoms with Crippen molar-refractivity contribution in [3.05, 3.63) is 64.7 Å². The summed E-state index contributed by atoms with van der Waals surface area (Å²) in [4.78, 5) is 0.242. The molecule has 0 aliphatic heterocycles. The van der Waals surface area contributed by atoms with Crippen LogP contribution in [0.1, 0.15) is 30.9 Å². The number of halogens is 1. The third-order valence-corrected chi connectivity index (χ3v) is 7.64. The van der Waals surface area contributed by atoms with E-state index in [2.05, 4.69) is 6.92 Å². The molecule has 140 valence electrons. The van der Waals surface area contributed by atoms with Crippen molar-refractivity contribution in [3.8, 4) is 0 Å². The smallest absolute Gasteiger partial charge is 0.183 e. The molecule has 2 N–H and O–H groups in total. The molecule has 4 nitrogen and oxygen atoms in total. The monoisotopic (exact) mass is 393 g/mol. The van der Waals surface area contributed by atoms with Crippen molar-refractivity contribution in [2.24, 2.45) is 5.73 Å². The Kier molecular flexibility index (Phi) is 5.45. The fourth-order valence-electron chi connectivity index (χ4n) is 3.56. The number of rotatable bonds is 7. The summed E-state index contributed by atoms with van der Waals surface area (Å²) >= 11 is 5.90. The molecule has 0 bridgehead atoms. The molecule has 0 spiro atoms. The lowest BCUT2D eigenvalue weighted by Crippen LogP contribution is -2.36. The van der Waals surface area contributed by atoms with E-state index in [1.807, 2.05) is 31.2 Å². The van der Waals surface area contributed by atoms with E-state index in [0.29, 0.717) is 11.6 Å². The molecule has 1 saturated carbocycles. The molecule has 1 fully saturated rings. The molecular weight excluding hydrogens is 370 g/mol. The van der Waals surface area contributed by atoms with Gasteiger partial charge in [-0.25, -0.2) is 8.42 Å². The molecule has 2 aromatic carbocycles. The third kappa shape index (κ3) is 3.41. The highest BCUT2D eigenvalue weighted by atomic mass is 35.5. The van der Waals surface area contributed by atoms with E-state index >= 15 is 0 Å². The van der Waals surface area contributed by atoms with Gasteiger partial charge in [-0.05, 0) is 48.7 Å². The van der Waals surface area contributed by atoms with Crippen LogP contribution < -0.4 is 5.73 Å². The highest BCUT2D eigenvalue weighted by Gasteiger charge is 2.69. The summed E-state index contributed by atoms with van der Waals surface area (Å²) in [6.45, 7) is 4.66. The molecule has 3 rings (SSSR count). The van der Waals surface area contributed by atoms with Gasteiger partial charge in [-0.1, -0.05) is 42.8 Å². The average Bonchev–Trinajstić information content (AvgIpc) is 3.27. The summed E-state index contributed by atoms with van der Waals surface area (Å²) in [6, 6.07) is 14.3. The van der Waals surface area contributed by atoms with Gasteiger partial charge in [0.2, 0.25) is 0 Å². The first-order valence-corrected chi connectivity index (χ1v) is 10.7. The minimum atomic E-state index is -3.60. The van der Waals surface area contributed by atoms with E-state index in [1.54, 1.807) is 12.1 Å². The van der Waals surface area contributed by atoms with Crippen molar-refractivity contribution >= 4 is 21.4 Å². The maximum absolute atomic E-state index is 13.2. The van der Waals surface area contributed by atoms with Crippen LogP contribution in [0, 0.1) is 0 Å². The Morgan fingerprint density at radius 2 is 1.69 bits per heavy atom. The van der Waals surface area contributed by atoms with Crippen molar-refractivity contribution in [1.82, 2.24) is 0 Å². The van der Waals surface area contributed by atoms with Crippen LogP contribution in [0.15, 0.2) is 53.4 Å². The Balaban J connectivity index is 1.97. The van der Waals surface area contributed by atoms with Gasteiger partial charge >= 0.3 is 0 Å². The quantitative estimate of drug-likeness (QED) is 0.780. The van der Waals surface area contributed by atoms with Crippen LogP contribution in [0.2, 0.25) is 5.02 Å². The van der Waals surface area contributed by atoms with Gasteiger partial charge in [0, 0.05) is 17.5 Å². The molecule has 0 unspecified atom stereocenters. The minimum Gasteiger partial charge on any atom is -0.380 e. The van der Waals surface area contributed by atoms with E-state index < -0.39 is 20.6 Å². The Labute approximate surface area is 160 Å². The largest absolute Gasteiger partial charge is 0.380 e. The van der Waals surface area contributed by atoms with Gasteiger partial charge in [0.1, 0.15) is 0 Å². The van der Waals surface area contributed by atoms with Crippen LogP contribution in [-0.2, 0) is 21.0 Å². The lowest BCUT2D eigenvalue weighted by Gasteiger charge is -2.12. The summed E-state index contributed by atoms with van der Waals surface area (Å²) in [5, 5.41) is -0.213. The zero-order valence-electron chi connectivity index (χ0n) is 15.0. The Morgan fingerprint density at radius 3 is 2.23 bits per heavy atom. The first kappa shape index (κ1) is 19.4. The highest BCUT2D eigenvalue weighted by molar-refractivity contribution is 7.92. The second-order valence-corrected chi connectivity index (χ2v) is 9.25. The molecule has 3 atom stereocenters. The van der Waals surface area contributed by atoms with Crippen LogP contribution in [0.3, 0.4) is 0 Å². The van der Waals surface area contributed by atoms with E-state index in [9.17, 15) is 8.42 Å². The fraction of sp³-hybridized carbons (Fsp3) is 0.400. The van der Waals surface area contributed by atoms with Gasteiger partial charge in [-0.3, -0.25) is 0 Å². The molecule has 6 heteroatoms. The second-order valence-electron chi connectivity index (χ2n) is 6.74. The van der Waals surface area contributed by atoms with Gasteiger partial charge < -0.3 is 10.5 Å². The lowest BCUT2D eigenvalue weighted by molar-refractivity contribution is 0.125. The standard InChI is InChI=1S/C20H24ClNO3S/c1-3-14-5-7-15(8-6-14)18-19(20(18,22)13-25-4-2)26(23,24)17-11-9-16(21)10-12-17/h5-12,18-19H,3-4,13,22H2,1-2H3/t18-,19-,20-/m0/s1. The summed E-state index contributed by atoms with van der Waals surface area (Å²) in [6.07, 6.45) is 0.935. The topological polar surface area (TPSA) is 69.4 Å². The lowest BCUT2D eigenvalue weighted by atomic mass is 10.0. The molecule has 26 heavy (non-hydrogen) atoms. The summed E-state index contributed by atoms with van der Waals surface area (Å²) in [7, 11) is -3.60. The predicted octanol–water partition coefficient (Wildman–Crippen LogP) is 3.58. The van der Waals surface area contributed by atoms with Crippen LogP contribution in [0.5, 0.6) is 0 Å². The van der Waals surface area contributed by atoms with Gasteiger partial charge in [0.15, 0.2) is 9.84 Å². The van der Waals surface area contributed by atoms with E-state index in [-0.39, 0.29) is 17.4 Å². The van der Waals surface area contributed by atoms with Crippen molar-refractivity contribution in [3.63, 3.8) is 0 Å². The second kappa shape index (κ2) is 7.31. The number of hydrogen-bond acceptors (Lipinski definition) is 4. The molecule has 0 radical (unpaired) electrons. The predicted molar refractivity (Wildman–Crippen MR) is 104 cm³/mol. The molecule has 2 aromatic rings. The molecule has 0 aromatic heterocycles. The van der Waals surface area contributed by atoms with E-state index in [1.165, 1.54) is 17.7 Å². The summed E-state index contributed by atoms with van der Waals surface area (Å²) in [5.74, 6) is -0.291. The van der Waals surface area contributed by atoms with Crippen LogP contribution in [0.4, 0.5) is 0 Å². The van der Waals surface area contributed by atoms with Crippen molar-refractivity contribution < 1.29 is 13.2 Å².